The summed E-state index contributed by atoms with van der Waals surface area (Å²) in [6.07, 6.45) is 6.98. The molecule has 5 heteroatoms. The first-order chi connectivity index (χ1) is 8.83. The number of hydrogen-bond acceptors (Lipinski definition) is 5. The van der Waals surface area contributed by atoms with Gasteiger partial charge in [-0.3, -0.25) is 0 Å². The Labute approximate surface area is 106 Å². The Balaban J connectivity index is 1.83. The van der Waals surface area contributed by atoms with Gasteiger partial charge < -0.3 is 15.1 Å². The lowest BCUT2D eigenvalue weighted by Gasteiger charge is -2.31. The summed E-state index contributed by atoms with van der Waals surface area (Å²) in [5, 5.41) is 0. The van der Waals surface area contributed by atoms with Gasteiger partial charge in [-0.1, -0.05) is 0 Å². The van der Waals surface area contributed by atoms with Crippen LogP contribution in [-0.4, -0.2) is 29.1 Å². The number of nitrogens with zero attached hydrogens (tertiary/aromatic N) is 3. The van der Waals surface area contributed by atoms with Crippen LogP contribution < -0.4 is 10.6 Å². The SMILES string of the molecule is NC1CCN(c2cc(-c3ccoc3)ncn2)CC1. The van der Waals surface area contributed by atoms with E-state index in [1.54, 1.807) is 18.9 Å². The van der Waals surface area contributed by atoms with E-state index in [1.807, 2.05) is 12.1 Å². The van der Waals surface area contributed by atoms with Gasteiger partial charge in [0.25, 0.3) is 0 Å². The maximum Gasteiger partial charge on any atom is 0.132 e. The summed E-state index contributed by atoms with van der Waals surface area (Å²) in [4.78, 5) is 10.9. The first-order valence-electron chi connectivity index (χ1n) is 6.18. The van der Waals surface area contributed by atoms with Gasteiger partial charge in [-0.05, 0) is 18.9 Å². The van der Waals surface area contributed by atoms with E-state index in [0.29, 0.717) is 6.04 Å². The van der Waals surface area contributed by atoms with Crippen LogP contribution in [0, 0.1) is 0 Å². The molecule has 0 saturated carbocycles. The standard InChI is InChI=1S/C13H16N4O/c14-11-1-4-17(5-2-11)13-7-12(15-9-16-13)10-3-6-18-8-10/h3,6-9,11H,1-2,4-5,14H2. The molecule has 0 aromatic carbocycles. The maximum absolute atomic E-state index is 5.91. The molecule has 5 nitrogen and oxygen atoms in total. The highest BCUT2D eigenvalue weighted by Crippen LogP contribution is 2.22. The summed E-state index contributed by atoms with van der Waals surface area (Å²) in [6.45, 7) is 1.92. The molecule has 0 unspecified atom stereocenters. The number of piperidine rings is 1. The summed E-state index contributed by atoms with van der Waals surface area (Å²) in [6, 6.07) is 4.23. The van der Waals surface area contributed by atoms with Crippen molar-refractivity contribution in [1.29, 1.82) is 0 Å². The second-order valence-electron chi connectivity index (χ2n) is 4.60. The van der Waals surface area contributed by atoms with Gasteiger partial charge in [0.2, 0.25) is 0 Å². The normalized spacial score (nSPS) is 17.1. The Morgan fingerprint density at radius 3 is 2.83 bits per heavy atom. The first-order valence-corrected chi connectivity index (χ1v) is 6.18. The van der Waals surface area contributed by atoms with Gasteiger partial charge in [0.15, 0.2) is 0 Å². The van der Waals surface area contributed by atoms with E-state index in [-0.39, 0.29) is 0 Å². The monoisotopic (exact) mass is 244 g/mol. The van der Waals surface area contributed by atoms with Gasteiger partial charge in [-0.15, -0.1) is 0 Å². The molecule has 0 amide bonds. The van der Waals surface area contributed by atoms with Crippen LogP contribution >= 0.6 is 0 Å². The zero-order valence-electron chi connectivity index (χ0n) is 10.1. The Morgan fingerprint density at radius 2 is 2.11 bits per heavy atom. The van der Waals surface area contributed by atoms with Gasteiger partial charge in [0, 0.05) is 30.8 Å². The van der Waals surface area contributed by atoms with E-state index in [9.17, 15) is 0 Å². The van der Waals surface area contributed by atoms with E-state index in [0.717, 1.165) is 43.0 Å². The predicted molar refractivity (Wildman–Crippen MR) is 69.2 cm³/mol. The van der Waals surface area contributed by atoms with Crippen molar-refractivity contribution < 1.29 is 4.42 Å². The fraction of sp³-hybridized carbons (Fsp3) is 0.385. The Hall–Kier alpha value is -1.88. The molecule has 0 aliphatic carbocycles. The van der Waals surface area contributed by atoms with Gasteiger partial charge >= 0.3 is 0 Å². The van der Waals surface area contributed by atoms with Crippen molar-refractivity contribution in [1.82, 2.24) is 9.97 Å². The molecule has 2 N–H and O–H groups in total. The molecular formula is C13H16N4O. The summed E-state index contributed by atoms with van der Waals surface area (Å²) in [5.74, 6) is 0.966. The molecule has 2 aromatic rings. The zero-order valence-corrected chi connectivity index (χ0v) is 10.1. The van der Waals surface area contributed by atoms with E-state index in [1.165, 1.54) is 0 Å². The van der Waals surface area contributed by atoms with Gasteiger partial charge in [0.05, 0.1) is 18.2 Å². The van der Waals surface area contributed by atoms with Crippen LogP contribution in [0.25, 0.3) is 11.3 Å². The second-order valence-corrected chi connectivity index (χ2v) is 4.60. The van der Waals surface area contributed by atoms with E-state index in [2.05, 4.69) is 14.9 Å². The van der Waals surface area contributed by atoms with Crippen molar-refractivity contribution >= 4 is 5.82 Å². The van der Waals surface area contributed by atoms with Crippen molar-refractivity contribution in [2.45, 2.75) is 18.9 Å². The zero-order chi connectivity index (χ0) is 12.4. The number of furan rings is 1. The molecule has 3 heterocycles. The van der Waals surface area contributed by atoms with Gasteiger partial charge in [-0.2, -0.15) is 0 Å². The van der Waals surface area contributed by atoms with E-state index >= 15 is 0 Å². The highest BCUT2D eigenvalue weighted by atomic mass is 16.3. The average Bonchev–Trinajstić information content (AvgIpc) is 2.94. The Bertz CT molecular complexity index is 503. The van der Waals surface area contributed by atoms with E-state index < -0.39 is 0 Å². The Kier molecular flexibility index (Phi) is 2.98. The van der Waals surface area contributed by atoms with Crippen molar-refractivity contribution in [2.75, 3.05) is 18.0 Å². The van der Waals surface area contributed by atoms with Crippen LogP contribution in [0.4, 0.5) is 5.82 Å². The highest BCUT2D eigenvalue weighted by Gasteiger charge is 2.17. The third kappa shape index (κ3) is 2.22. The first kappa shape index (κ1) is 11.2. The smallest absolute Gasteiger partial charge is 0.132 e. The highest BCUT2D eigenvalue weighted by molar-refractivity contribution is 5.61. The Morgan fingerprint density at radius 1 is 1.28 bits per heavy atom. The van der Waals surface area contributed by atoms with Crippen molar-refractivity contribution in [2.24, 2.45) is 5.73 Å². The molecule has 3 rings (SSSR count). The summed E-state index contributed by atoms with van der Waals surface area (Å²) in [5.41, 5.74) is 7.78. The van der Waals surface area contributed by atoms with Crippen LogP contribution in [0.3, 0.4) is 0 Å². The minimum atomic E-state index is 0.330. The summed E-state index contributed by atoms with van der Waals surface area (Å²) in [7, 11) is 0. The fourth-order valence-corrected chi connectivity index (χ4v) is 2.22. The number of aromatic nitrogens is 2. The lowest BCUT2D eigenvalue weighted by Crippen LogP contribution is -2.40. The lowest BCUT2D eigenvalue weighted by molar-refractivity contribution is 0.498. The number of anilines is 1. The fourth-order valence-electron chi connectivity index (χ4n) is 2.22. The van der Waals surface area contributed by atoms with E-state index in [4.69, 9.17) is 10.2 Å². The minimum absolute atomic E-state index is 0.330. The number of nitrogens with two attached hydrogens (primary N) is 1. The molecule has 0 atom stereocenters. The van der Waals surface area contributed by atoms with Gasteiger partial charge in [-0.25, -0.2) is 9.97 Å². The van der Waals surface area contributed by atoms with Crippen LogP contribution in [0.2, 0.25) is 0 Å². The predicted octanol–water partition coefficient (Wildman–Crippen LogP) is 1.66. The van der Waals surface area contributed by atoms with Gasteiger partial charge in [0.1, 0.15) is 12.1 Å². The maximum atomic E-state index is 5.91. The quantitative estimate of drug-likeness (QED) is 0.870. The van der Waals surface area contributed by atoms with Crippen LogP contribution in [0.1, 0.15) is 12.8 Å². The lowest BCUT2D eigenvalue weighted by atomic mass is 10.1. The molecular weight excluding hydrogens is 228 g/mol. The van der Waals surface area contributed by atoms with Crippen LogP contribution in [0.5, 0.6) is 0 Å². The second kappa shape index (κ2) is 4.78. The number of hydrogen-bond donors (Lipinski definition) is 1. The summed E-state index contributed by atoms with van der Waals surface area (Å²) < 4.78 is 5.08. The average molecular weight is 244 g/mol. The molecule has 1 saturated heterocycles. The molecule has 1 fully saturated rings. The van der Waals surface area contributed by atoms with Crippen LogP contribution in [0.15, 0.2) is 35.4 Å². The van der Waals surface area contributed by atoms with Crippen molar-refractivity contribution in [3.8, 4) is 11.3 Å². The largest absolute Gasteiger partial charge is 0.472 e. The molecule has 0 bridgehead atoms. The summed E-state index contributed by atoms with van der Waals surface area (Å²) >= 11 is 0. The third-order valence-corrected chi connectivity index (χ3v) is 3.33. The topological polar surface area (TPSA) is 68.2 Å². The molecule has 2 aromatic heterocycles. The minimum Gasteiger partial charge on any atom is -0.472 e. The number of rotatable bonds is 2. The van der Waals surface area contributed by atoms with Crippen LogP contribution in [-0.2, 0) is 0 Å². The van der Waals surface area contributed by atoms with Crippen molar-refractivity contribution in [3.63, 3.8) is 0 Å². The molecule has 1 aliphatic heterocycles. The van der Waals surface area contributed by atoms with Crippen molar-refractivity contribution in [3.05, 3.63) is 31.0 Å². The molecule has 18 heavy (non-hydrogen) atoms. The molecule has 94 valence electrons. The molecule has 0 radical (unpaired) electrons. The third-order valence-electron chi connectivity index (χ3n) is 3.33. The molecule has 1 aliphatic rings. The molecule has 0 spiro atoms.